The number of aliphatic hydroxyl groups is 1. The van der Waals surface area contributed by atoms with Crippen LogP contribution in [-0.2, 0) is 11.2 Å². The molecule has 2 rings (SSSR count). The van der Waals surface area contributed by atoms with Crippen molar-refractivity contribution in [3.63, 3.8) is 0 Å². The van der Waals surface area contributed by atoms with E-state index in [-0.39, 0.29) is 18.1 Å². The van der Waals surface area contributed by atoms with Gasteiger partial charge in [0.2, 0.25) is 5.91 Å². The molecule has 2 N–H and O–H groups in total. The summed E-state index contributed by atoms with van der Waals surface area (Å²) in [6, 6.07) is 10.7. The Morgan fingerprint density at radius 3 is 2.55 bits per heavy atom. The molecule has 1 aliphatic rings. The van der Waals surface area contributed by atoms with Crippen LogP contribution in [0.5, 0.6) is 0 Å². The molecule has 122 valence electrons. The molecule has 1 amide bonds. The van der Waals surface area contributed by atoms with Crippen LogP contribution in [0.15, 0.2) is 30.3 Å². The molecule has 1 aromatic rings. The van der Waals surface area contributed by atoms with E-state index in [4.69, 9.17) is 0 Å². The van der Waals surface area contributed by atoms with Gasteiger partial charge in [-0.1, -0.05) is 30.3 Å². The third kappa shape index (κ3) is 6.16. The molecule has 0 radical (unpaired) electrons. The maximum Gasteiger partial charge on any atom is 0.221 e. The highest BCUT2D eigenvalue weighted by atomic mass is 16.3. The predicted octanol–water partition coefficient (Wildman–Crippen LogP) is 1.97. The van der Waals surface area contributed by atoms with Gasteiger partial charge >= 0.3 is 0 Å². The maximum absolute atomic E-state index is 12.0. The van der Waals surface area contributed by atoms with Crippen LogP contribution < -0.4 is 5.32 Å². The smallest absolute Gasteiger partial charge is 0.221 e. The van der Waals surface area contributed by atoms with E-state index < -0.39 is 0 Å². The van der Waals surface area contributed by atoms with Crippen LogP contribution in [0.4, 0.5) is 0 Å². The number of carbonyl (C=O) groups is 1. The molecule has 1 fully saturated rings. The van der Waals surface area contributed by atoms with E-state index in [2.05, 4.69) is 41.5 Å². The van der Waals surface area contributed by atoms with Crippen LogP contribution in [0.25, 0.3) is 0 Å². The van der Waals surface area contributed by atoms with Gasteiger partial charge in [-0.05, 0) is 44.7 Å². The molecule has 0 spiro atoms. The average molecular weight is 304 g/mol. The number of hydrogen-bond acceptors (Lipinski definition) is 3. The second-order valence-electron chi connectivity index (χ2n) is 6.36. The summed E-state index contributed by atoms with van der Waals surface area (Å²) in [5, 5.41) is 12.6. The van der Waals surface area contributed by atoms with E-state index in [0.717, 1.165) is 45.2 Å². The zero-order valence-electron chi connectivity index (χ0n) is 13.5. The summed E-state index contributed by atoms with van der Waals surface area (Å²) in [7, 11) is 2.06. The summed E-state index contributed by atoms with van der Waals surface area (Å²) in [6.07, 6.45) is 4.80. The summed E-state index contributed by atoms with van der Waals surface area (Å²) in [4.78, 5) is 14.2. The van der Waals surface area contributed by atoms with Crippen LogP contribution in [0.3, 0.4) is 0 Å². The Bertz CT molecular complexity index is 442. The lowest BCUT2D eigenvalue weighted by atomic mass is 9.93. The van der Waals surface area contributed by atoms with Crippen molar-refractivity contribution in [1.82, 2.24) is 10.2 Å². The van der Waals surface area contributed by atoms with Crippen molar-refractivity contribution >= 4 is 5.91 Å². The monoisotopic (exact) mass is 304 g/mol. The van der Waals surface area contributed by atoms with E-state index in [1.54, 1.807) is 0 Å². The van der Waals surface area contributed by atoms with Crippen LogP contribution in [0.2, 0.25) is 0 Å². The molecular formula is C18H28N2O2. The van der Waals surface area contributed by atoms with E-state index in [1.807, 2.05) is 6.07 Å². The lowest BCUT2D eigenvalue weighted by Gasteiger charge is -2.26. The van der Waals surface area contributed by atoms with E-state index in [0.29, 0.717) is 6.42 Å². The zero-order chi connectivity index (χ0) is 15.8. The first-order valence-corrected chi connectivity index (χ1v) is 8.33. The van der Waals surface area contributed by atoms with Gasteiger partial charge in [-0.2, -0.15) is 0 Å². The molecule has 0 aliphatic heterocycles. The summed E-state index contributed by atoms with van der Waals surface area (Å²) < 4.78 is 0. The van der Waals surface area contributed by atoms with Crippen molar-refractivity contribution in [1.29, 1.82) is 0 Å². The SMILES string of the molecule is CN(CCC(=O)NC1CCC(O)CC1)CCc1ccccc1. The van der Waals surface area contributed by atoms with Crippen LogP contribution in [0, 0.1) is 0 Å². The normalized spacial score (nSPS) is 21.8. The highest BCUT2D eigenvalue weighted by molar-refractivity contribution is 5.76. The van der Waals surface area contributed by atoms with Crippen molar-refractivity contribution in [2.45, 2.75) is 50.7 Å². The number of rotatable bonds is 7. The lowest BCUT2D eigenvalue weighted by Crippen LogP contribution is -2.39. The van der Waals surface area contributed by atoms with Gasteiger partial charge in [0.1, 0.15) is 0 Å². The minimum atomic E-state index is -0.169. The largest absolute Gasteiger partial charge is 0.393 e. The summed E-state index contributed by atoms with van der Waals surface area (Å²) in [6.45, 7) is 1.75. The van der Waals surface area contributed by atoms with E-state index in [9.17, 15) is 9.90 Å². The molecule has 0 heterocycles. The molecule has 0 saturated heterocycles. The van der Waals surface area contributed by atoms with Crippen molar-refractivity contribution in [3.8, 4) is 0 Å². The number of carbonyl (C=O) groups excluding carboxylic acids is 1. The zero-order valence-corrected chi connectivity index (χ0v) is 13.5. The molecule has 1 aliphatic carbocycles. The Morgan fingerprint density at radius 1 is 1.18 bits per heavy atom. The van der Waals surface area contributed by atoms with Crippen LogP contribution >= 0.6 is 0 Å². The molecule has 4 heteroatoms. The number of nitrogens with one attached hydrogen (secondary N) is 1. The molecule has 1 aromatic carbocycles. The van der Waals surface area contributed by atoms with Gasteiger partial charge in [0, 0.05) is 25.6 Å². The van der Waals surface area contributed by atoms with Gasteiger partial charge in [0.15, 0.2) is 0 Å². The molecule has 0 bridgehead atoms. The van der Waals surface area contributed by atoms with E-state index >= 15 is 0 Å². The quantitative estimate of drug-likeness (QED) is 0.810. The number of amides is 1. The number of likely N-dealkylation sites (N-methyl/N-ethyl adjacent to an activating group) is 1. The van der Waals surface area contributed by atoms with Gasteiger partial charge in [-0.25, -0.2) is 0 Å². The van der Waals surface area contributed by atoms with Gasteiger partial charge in [-0.3, -0.25) is 4.79 Å². The van der Waals surface area contributed by atoms with Gasteiger partial charge in [0.25, 0.3) is 0 Å². The number of benzene rings is 1. The van der Waals surface area contributed by atoms with Crippen molar-refractivity contribution in [2.24, 2.45) is 0 Å². The van der Waals surface area contributed by atoms with Gasteiger partial charge in [0.05, 0.1) is 6.10 Å². The van der Waals surface area contributed by atoms with Crippen molar-refractivity contribution < 1.29 is 9.90 Å². The molecule has 0 aromatic heterocycles. The Labute approximate surface area is 133 Å². The Kier molecular flexibility index (Phi) is 6.87. The molecule has 4 nitrogen and oxygen atoms in total. The standard InChI is InChI=1S/C18H28N2O2/c1-20(13-11-15-5-3-2-4-6-15)14-12-18(22)19-16-7-9-17(21)10-8-16/h2-6,16-17,21H,7-14H2,1H3,(H,19,22). The molecule has 1 saturated carbocycles. The van der Waals surface area contributed by atoms with Gasteiger partial charge < -0.3 is 15.3 Å². The topological polar surface area (TPSA) is 52.6 Å². The minimum Gasteiger partial charge on any atom is -0.393 e. The number of aliphatic hydroxyl groups excluding tert-OH is 1. The minimum absolute atomic E-state index is 0.132. The fourth-order valence-corrected chi connectivity index (χ4v) is 2.89. The summed E-state index contributed by atoms with van der Waals surface area (Å²) >= 11 is 0. The molecule has 0 atom stereocenters. The van der Waals surface area contributed by atoms with E-state index in [1.165, 1.54) is 5.56 Å². The first-order chi connectivity index (χ1) is 10.6. The van der Waals surface area contributed by atoms with Crippen molar-refractivity contribution in [2.75, 3.05) is 20.1 Å². The van der Waals surface area contributed by atoms with Crippen molar-refractivity contribution in [3.05, 3.63) is 35.9 Å². The maximum atomic E-state index is 12.0. The fraction of sp³-hybridized carbons (Fsp3) is 0.611. The second kappa shape index (κ2) is 8.91. The Hall–Kier alpha value is -1.39. The van der Waals surface area contributed by atoms with Crippen LogP contribution in [0.1, 0.15) is 37.7 Å². The van der Waals surface area contributed by atoms with Gasteiger partial charge in [-0.15, -0.1) is 0 Å². The highest BCUT2D eigenvalue weighted by Crippen LogP contribution is 2.18. The fourth-order valence-electron chi connectivity index (χ4n) is 2.89. The third-order valence-corrected chi connectivity index (χ3v) is 4.41. The number of hydrogen-bond donors (Lipinski definition) is 2. The molecular weight excluding hydrogens is 276 g/mol. The number of nitrogens with zero attached hydrogens (tertiary/aromatic N) is 1. The first kappa shape index (κ1) is 17.0. The van der Waals surface area contributed by atoms with Crippen LogP contribution in [-0.4, -0.2) is 48.2 Å². The first-order valence-electron chi connectivity index (χ1n) is 8.33. The molecule has 0 unspecified atom stereocenters. The predicted molar refractivity (Wildman–Crippen MR) is 88.7 cm³/mol. The average Bonchev–Trinajstić information content (AvgIpc) is 2.54. The molecule has 22 heavy (non-hydrogen) atoms. The lowest BCUT2D eigenvalue weighted by molar-refractivity contribution is -0.122. The summed E-state index contributed by atoms with van der Waals surface area (Å²) in [5.74, 6) is 0.132. The highest BCUT2D eigenvalue weighted by Gasteiger charge is 2.20. The Morgan fingerprint density at radius 2 is 1.86 bits per heavy atom. The Balaban J connectivity index is 1.59. The second-order valence-corrected chi connectivity index (χ2v) is 6.36. The third-order valence-electron chi connectivity index (χ3n) is 4.41. The summed E-state index contributed by atoms with van der Waals surface area (Å²) in [5.41, 5.74) is 1.33.